The minimum Gasteiger partial charge on any atom is -0.497 e. The van der Waals surface area contributed by atoms with Gasteiger partial charge in [0.15, 0.2) is 17.2 Å². The quantitative estimate of drug-likeness (QED) is 0.334. The standard InChI is InChI=1S/C25H17NO7/c1-29-18-9-6-15(7-10-18)24(27)32-20-5-3-2-4-16(20)12-19-25(28)33-23(26-19)17-8-11-21-22(13-17)31-14-30-21/h2-13H,14H2,1H3/b19-12+. The van der Waals surface area contributed by atoms with Gasteiger partial charge in [-0.05, 0) is 54.6 Å². The van der Waals surface area contributed by atoms with Crippen molar-refractivity contribution in [3.8, 4) is 23.0 Å². The average Bonchev–Trinajstić information content (AvgIpc) is 3.46. The fraction of sp³-hybridized carbons (Fsp3) is 0.0800. The lowest BCUT2D eigenvalue weighted by atomic mass is 10.1. The number of hydrogen-bond acceptors (Lipinski definition) is 8. The van der Waals surface area contributed by atoms with E-state index in [4.69, 9.17) is 23.7 Å². The van der Waals surface area contributed by atoms with Crippen molar-refractivity contribution >= 4 is 23.9 Å². The maximum atomic E-state index is 12.6. The summed E-state index contributed by atoms with van der Waals surface area (Å²) in [6, 6.07) is 18.6. The summed E-state index contributed by atoms with van der Waals surface area (Å²) < 4.78 is 26.7. The molecule has 0 bridgehead atoms. The highest BCUT2D eigenvalue weighted by molar-refractivity contribution is 6.13. The maximum absolute atomic E-state index is 12.6. The van der Waals surface area contributed by atoms with Gasteiger partial charge in [-0.25, -0.2) is 14.6 Å². The molecule has 5 rings (SSSR count). The number of benzene rings is 3. The first kappa shape index (κ1) is 20.3. The van der Waals surface area contributed by atoms with E-state index in [1.807, 2.05) is 0 Å². The molecule has 0 radical (unpaired) electrons. The Bertz CT molecular complexity index is 1310. The average molecular weight is 443 g/mol. The molecule has 0 fully saturated rings. The van der Waals surface area contributed by atoms with Crippen LogP contribution in [0.25, 0.3) is 6.08 Å². The lowest BCUT2D eigenvalue weighted by Gasteiger charge is -2.08. The Morgan fingerprint density at radius 2 is 1.79 bits per heavy atom. The highest BCUT2D eigenvalue weighted by Crippen LogP contribution is 2.34. The van der Waals surface area contributed by atoms with E-state index >= 15 is 0 Å². The van der Waals surface area contributed by atoms with Crippen molar-refractivity contribution < 1.29 is 33.3 Å². The number of fused-ring (bicyclic) bond motifs is 1. The molecule has 0 saturated heterocycles. The number of esters is 2. The third-order valence-electron chi connectivity index (χ3n) is 4.98. The summed E-state index contributed by atoms with van der Waals surface area (Å²) in [5.74, 6) is 1.09. The summed E-state index contributed by atoms with van der Waals surface area (Å²) >= 11 is 0. The van der Waals surface area contributed by atoms with Crippen LogP contribution in [-0.4, -0.2) is 31.7 Å². The van der Waals surface area contributed by atoms with Gasteiger partial charge in [0.2, 0.25) is 12.7 Å². The molecule has 0 amide bonds. The summed E-state index contributed by atoms with van der Waals surface area (Å²) in [7, 11) is 1.55. The Morgan fingerprint density at radius 3 is 2.61 bits per heavy atom. The van der Waals surface area contributed by atoms with Gasteiger partial charge in [0.25, 0.3) is 0 Å². The first-order chi connectivity index (χ1) is 16.1. The molecule has 0 atom stereocenters. The first-order valence-electron chi connectivity index (χ1n) is 9.98. The van der Waals surface area contributed by atoms with Gasteiger partial charge in [-0.1, -0.05) is 18.2 Å². The predicted molar refractivity (Wildman–Crippen MR) is 118 cm³/mol. The van der Waals surface area contributed by atoms with E-state index in [9.17, 15) is 9.59 Å². The number of methoxy groups -OCH3 is 1. The number of ether oxygens (including phenoxy) is 5. The number of hydrogen-bond donors (Lipinski definition) is 0. The number of cyclic esters (lactones) is 1. The van der Waals surface area contributed by atoms with Crippen LogP contribution in [0.3, 0.4) is 0 Å². The van der Waals surface area contributed by atoms with Gasteiger partial charge in [0, 0.05) is 11.1 Å². The Labute approximate surface area is 188 Å². The molecule has 2 aliphatic heterocycles. The zero-order chi connectivity index (χ0) is 22.8. The van der Waals surface area contributed by atoms with Crippen LogP contribution in [0.2, 0.25) is 0 Å². The van der Waals surface area contributed by atoms with Gasteiger partial charge in [-0.3, -0.25) is 0 Å². The summed E-state index contributed by atoms with van der Waals surface area (Å²) in [6.45, 7) is 0.141. The van der Waals surface area contributed by atoms with Crippen LogP contribution in [0, 0.1) is 0 Å². The molecule has 0 unspecified atom stereocenters. The fourth-order valence-corrected chi connectivity index (χ4v) is 3.29. The van der Waals surface area contributed by atoms with Gasteiger partial charge in [-0.15, -0.1) is 0 Å². The second kappa shape index (κ2) is 8.51. The van der Waals surface area contributed by atoms with Crippen LogP contribution in [-0.2, 0) is 9.53 Å². The Kier molecular flexibility index (Phi) is 5.24. The molecule has 0 N–H and O–H groups in total. The number of para-hydroxylation sites is 1. The smallest absolute Gasteiger partial charge is 0.363 e. The van der Waals surface area contributed by atoms with E-state index < -0.39 is 11.9 Å². The highest BCUT2D eigenvalue weighted by atomic mass is 16.7. The van der Waals surface area contributed by atoms with Crippen molar-refractivity contribution in [2.75, 3.05) is 13.9 Å². The summed E-state index contributed by atoms with van der Waals surface area (Å²) in [4.78, 5) is 29.3. The zero-order valence-electron chi connectivity index (χ0n) is 17.4. The molecule has 2 aliphatic rings. The van der Waals surface area contributed by atoms with Crippen LogP contribution in [0.15, 0.2) is 77.4 Å². The fourth-order valence-electron chi connectivity index (χ4n) is 3.29. The molecular weight excluding hydrogens is 426 g/mol. The van der Waals surface area contributed by atoms with Crippen LogP contribution < -0.4 is 18.9 Å². The number of rotatable bonds is 5. The lowest BCUT2D eigenvalue weighted by Crippen LogP contribution is -2.09. The molecule has 0 saturated carbocycles. The van der Waals surface area contributed by atoms with Crippen molar-refractivity contribution in [2.24, 2.45) is 4.99 Å². The molecule has 8 heteroatoms. The summed E-state index contributed by atoms with van der Waals surface area (Å²) in [6.07, 6.45) is 1.51. The molecule has 2 heterocycles. The van der Waals surface area contributed by atoms with Crippen LogP contribution in [0.4, 0.5) is 0 Å². The third kappa shape index (κ3) is 4.14. The molecule has 164 valence electrons. The van der Waals surface area contributed by atoms with E-state index in [0.29, 0.717) is 33.9 Å². The van der Waals surface area contributed by atoms with E-state index in [2.05, 4.69) is 4.99 Å². The van der Waals surface area contributed by atoms with E-state index in [0.717, 1.165) is 0 Å². The third-order valence-corrected chi connectivity index (χ3v) is 4.98. The summed E-state index contributed by atoms with van der Waals surface area (Å²) in [5, 5.41) is 0. The second-order valence-electron chi connectivity index (χ2n) is 7.06. The van der Waals surface area contributed by atoms with Crippen LogP contribution in [0.1, 0.15) is 21.5 Å². The number of carbonyl (C=O) groups excluding carboxylic acids is 2. The number of nitrogens with zero attached hydrogens (tertiary/aromatic N) is 1. The topological polar surface area (TPSA) is 92.7 Å². The van der Waals surface area contributed by atoms with E-state index in [1.54, 1.807) is 73.8 Å². The Balaban J connectivity index is 1.40. The van der Waals surface area contributed by atoms with Gasteiger partial charge >= 0.3 is 11.9 Å². The van der Waals surface area contributed by atoms with Crippen molar-refractivity contribution in [3.63, 3.8) is 0 Å². The van der Waals surface area contributed by atoms with Crippen LogP contribution >= 0.6 is 0 Å². The highest BCUT2D eigenvalue weighted by Gasteiger charge is 2.26. The Hall–Kier alpha value is -4.59. The lowest BCUT2D eigenvalue weighted by molar-refractivity contribution is -0.129. The summed E-state index contributed by atoms with van der Waals surface area (Å²) in [5.41, 5.74) is 1.52. The number of aliphatic imine (C=N–C) groups is 1. The van der Waals surface area contributed by atoms with E-state index in [-0.39, 0.29) is 24.1 Å². The second-order valence-corrected chi connectivity index (χ2v) is 7.06. The molecule has 3 aromatic carbocycles. The first-order valence-corrected chi connectivity index (χ1v) is 9.98. The van der Waals surface area contributed by atoms with Gasteiger partial charge in [0.1, 0.15) is 11.5 Å². The normalized spacial score (nSPS) is 15.2. The molecule has 0 aromatic heterocycles. The van der Waals surface area contributed by atoms with Crippen molar-refractivity contribution in [3.05, 3.63) is 89.1 Å². The van der Waals surface area contributed by atoms with Gasteiger partial charge < -0.3 is 23.7 Å². The SMILES string of the molecule is COc1ccc(C(=O)Oc2ccccc2/C=C2/N=C(c3ccc4c(c3)OCO4)OC2=O)cc1. The maximum Gasteiger partial charge on any atom is 0.363 e. The molecule has 0 aliphatic carbocycles. The minimum atomic E-state index is -0.612. The van der Waals surface area contributed by atoms with Crippen molar-refractivity contribution in [1.29, 1.82) is 0 Å². The molecule has 33 heavy (non-hydrogen) atoms. The monoisotopic (exact) mass is 443 g/mol. The largest absolute Gasteiger partial charge is 0.497 e. The molecule has 3 aromatic rings. The van der Waals surface area contributed by atoms with Gasteiger partial charge in [0.05, 0.1) is 12.7 Å². The number of carbonyl (C=O) groups is 2. The van der Waals surface area contributed by atoms with Crippen molar-refractivity contribution in [1.82, 2.24) is 0 Å². The zero-order valence-corrected chi connectivity index (χ0v) is 17.4. The van der Waals surface area contributed by atoms with E-state index in [1.165, 1.54) is 6.08 Å². The minimum absolute atomic E-state index is 0.0793. The Morgan fingerprint density at radius 1 is 1.00 bits per heavy atom. The molecule has 8 nitrogen and oxygen atoms in total. The molecular formula is C25H17NO7. The predicted octanol–water partition coefficient (Wildman–Crippen LogP) is 3.99. The van der Waals surface area contributed by atoms with Gasteiger partial charge in [-0.2, -0.15) is 0 Å². The van der Waals surface area contributed by atoms with Crippen molar-refractivity contribution in [2.45, 2.75) is 0 Å². The molecule has 0 spiro atoms. The van der Waals surface area contributed by atoms with Crippen LogP contribution in [0.5, 0.6) is 23.0 Å².